The van der Waals surface area contributed by atoms with E-state index in [1.165, 1.54) is 31.2 Å². The zero-order valence-electron chi connectivity index (χ0n) is 12.3. The third-order valence-corrected chi connectivity index (χ3v) is 3.71. The Kier molecular flexibility index (Phi) is 5.85. The quantitative estimate of drug-likeness (QED) is 0.796. The number of thioether (sulfide) groups is 1. The van der Waals surface area contributed by atoms with Crippen LogP contribution < -0.4 is 10.6 Å². The Bertz CT molecular complexity index is 619. The number of amides is 2. The van der Waals surface area contributed by atoms with Gasteiger partial charge in [0.15, 0.2) is 0 Å². The van der Waals surface area contributed by atoms with Crippen LogP contribution in [0.2, 0.25) is 0 Å². The molecule has 1 aromatic heterocycles. The van der Waals surface area contributed by atoms with Crippen LogP contribution in [0.3, 0.4) is 0 Å². The number of hydrogen-bond donors (Lipinski definition) is 2. The van der Waals surface area contributed by atoms with Crippen molar-refractivity contribution in [2.45, 2.75) is 10.9 Å². The van der Waals surface area contributed by atoms with E-state index in [2.05, 4.69) is 10.6 Å². The summed E-state index contributed by atoms with van der Waals surface area (Å²) in [6, 6.07) is 7.14. The fraction of sp³-hybridized carbons (Fsp3) is 0.267. The first kappa shape index (κ1) is 16.4. The van der Waals surface area contributed by atoms with Gasteiger partial charge in [0, 0.05) is 17.7 Å². The Labute approximate surface area is 132 Å². The van der Waals surface area contributed by atoms with Crippen molar-refractivity contribution in [3.8, 4) is 0 Å². The van der Waals surface area contributed by atoms with Crippen molar-refractivity contribution in [1.29, 1.82) is 0 Å². The van der Waals surface area contributed by atoms with Crippen molar-refractivity contribution < 1.29 is 18.3 Å². The lowest BCUT2D eigenvalue weighted by Gasteiger charge is -2.16. The fourth-order valence-corrected chi connectivity index (χ4v) is 2.38. The van der Waals surface area contributed by atoms with E-state index in [4.69, 9.17) is 9.15 Å². The SMILES string of the molecule is COCC(NC(=O)Nc1ccc(SC)c(F)c1)c1ccco1. The molecule has 0 aliphatic carbocycles. The van der Waals surface area contributed by atoms with Crippen LogP contribution in [-0.4, -0.2) is 26.0 Å². The number of urea groups is 1. The van der Waals surface area contributed by atoms with Gasteiger partial charge in [-0.25, -0.2) is 9.18 Å². The molecule has 2 N–H and O–H groups in total. The van der Waals surface area contributed by atoms with Crippen LogP contribution in [0.25, 0.3) is 0 Å². The third kappa shape index (κ3) is 4.25. The molecule has 7 heteroatoms. The first-order valence-corrected chi connectivity index (χ1v) is 7.80. The van der Waals surface area contributed by atoms with Crippen LogP contribution in [0.5, 0.6) is 0 Å². The average Bonchev–Trinajstić information content (AvgIpc) is 3.01. The average molecular weight is 324 g/mol. The summed E-state index contributed by atoms with van der Waals surface area (Å²) in [5.74, 6) is 0.214. The number of carbonyl (C=O) groups excluding carboxylic acids is 1. The van der Waals surface area contributed by atoms with Gasteiger partial charge in [-0.2, -0.15) is 0 Å². The van der Waals surface area contributed by atoms with E-state index in [-0.39, 0.29) is 12.4 Å². The van der Waals surface area contributed by atoms with Gasteiger partial charge in [0.25, 0.3) is 0 Å². The van der Waals surface area contributed by atoms with Gasteiger partial charge in [0.1, 0.15) is 17.6 Å². The number of rotatable bonds is 6. The summed E-state index contributed by atoms with van der Waals surface area (Å²) in [7, 11) is 1.53. The molecule has 1 aromatic carbocycles. The Morgan fingerprint density at radius 2 is 2.27 bits per heavy atom. The van der Waals surface area contributed by atoms with Gasteiger partial charge in [-0.3, -0.25) is 0 Å². The predicted octanol–water partition coefficient (Wildman–Crippen LogP) is 3.65. The molecule has 2 rings (SSSR count). The Balaban J connectivity index is 2.00. The van der Waals surface area contributed by atoms with E-state index in [9.17, 15) is 9.18 Å². The standard InChI is InChI=1S/C15H17FN2O3S/c1-20-9-12(13-4-3-7-21-13)18-15(19)17-10-5-6-14(22-2)11(16)8-10/h3-8,12H,9H2,1-2H3,(H2,17,18,19). The normalized spacial score (nSPS) is 12.0. The minimum absolute atomic E-state index is 0.265. The largest absolute Gasteiger partial charge is 0.467 e. The molecule has 0 radical (unpaired) electrons. The lowest BCUT2D eigenvalue weighted by Crippen LogP contribution is -2.34. The molecule has 0 aliphatic rings. The van der Waals surface area contributed by atoms with Crippen molar-refractivity contribution >= 4 is 23.5 Å². The highest BCUT2D eigenvalue weighted by atomic mass is 32.2. The summed E-state index contributed by atoms with van der Waals surface area (Å²) < 4.78 is 24.0. The zero-order chi connectivity index (χ0) is 15.9. The smallest absolute Gasteiger partial charge is 0.319 e. The molecular weight excluding hydrogens is 307 g/mol. The first-order valence-electron chi connectivity index (χ1n) is 6.57. The topological polar surface area (TPSA) is 63.5 Å². The predicted molar refractivity (Wildman–Crippen MR) is 83.7 cm³/mol. The molecule has 0 fully saturated rings. The lowest BCUT2D eigenvalue weighted by atomic mass is 10.2. The molecule has 0 aliphatic heterocycles. The molecule has 1 atom stereocenters. The molecule has 0 saturated heterocycles. The van der Waals surface area contributed by atoms with Crippen LogP contribution in [0, 0.1) is 5.82 Å². The number of benzene rings is 1. The van der Waals surface area contributed by atoms with E-state index < -0.39 is 12.1 Å². The molecule has 2 amide bonds. The van der Waals surface area contributed by atoms with Gasteiger partial charge in [0.2, 0.25) is 0 Å². The Morgan fingerprint density at radius 1 is 1.45 bits per heavy atom. The highest BCUT2D eigenvalue weighted by Crippen LogP contribution is 2.22. The van der Waals surface area contributed by atoms with Gasteiger partial charge in [0.05, 0.1) is 12.9 Å². The minimum atomic E-state index is -0.463. The molecule has 0 spiro atoms. The van der Waals surface area contributed by atoms with E-state index in [1.54, 1.807) is 30.5 Å². The Morgan fingerprint density at radius 3 is 2.86 bits per heavy atom. The maximum absolute atomic E-state index is 13.7. The minimum Gasteiger partial charge on any atom is -0.467 e. The lowest BCUT2D eigenvalue weighted by molar-refractivity contribution is 0.159. The van der Waals surface area contributed by atoms with Crippen LogP contribution in [0.15, 0.2) is 45.9 Å². The highest BCUT2D eigenvalue weighted by molar-refractivity contribution is 7.98. The van der Waals surface area contributed by atoms with E-state index in [1.807, 2.05) is 0 Å². The number of nitrogens with one attached hydrogen (secondary N) is 2. The first-order chi connectivity index (χ1) is 10.6. The molecule has 1 unspecified atom stereocenters. The number of ether oxygens (including phenoxy) is 1. The number of carbonyl (C=O) groups is 1. The third-order valence-electron chi connectivity index (χ3n) is 2.93. The summed E-state index contributed by atoms with van der Waals surface area (Å²) >= 11 is 1.31. The second-order valence-electron chi connectivity index (χ2n) is 4.47. The van der Waals surface area contributed by atoms with Crippen LogP contribution in [0.4, 0.5) is 14.9 Å². The highest BCUT2D eigenvalue weighted by Gasteiger charge is 2.17. The summed E-state index contributed by atoms with van der Waals surface area (Å²) in [6.45, 7) is 0.265. The summed E-state index contributed by atoms with van der Waals surface area (Å²) in [6.07, 6.45) is 3.31. The maximum atomic E-state index is 13.7. The van der Waals surface area contributed by atoms with Gasteiger partial charge >= 0.3 is 6.03 Å². The van der Waals surface area contributed by atoms with Gasteiger partial charge in [-0.1, -0.05) is 0 Å². The van der Waals surface area contributed by atoms with E-state index in [0.717, 1.165) is 0 Å². The van der Waals surface area contributed by atoms with Crippen molar-refractivity contribution in [2.24, 2.45) is 0 Å². The number of methoxy groups -OCH3 is 1. The molecular formula is C15H17FN2O3S. The van der Waals surface area contributed by atoms with Gasteiger partial charge < -0.3 is 19.8 Å². The fourth-order valence-electron chi connectivity index (χ4n) is 1.92. The second kappa shape index (κ2) is 7.86. The molecule has 2 aromatic rings. The van der Waals surface area contributed by atoms with Crippen LogP contribution >= 0.6 is 11.8 Å². The maximum Gasteiger partial charge on any atom is 0.319 e. The van der Waals surface area contributed by atoms with Crippen molar-refractivity contribution in [3.63, 3.8) is 0 Å². The number of halogens is 1. The molecule has 118 valence electrons. The summed E-state index contributed by atoms with van der Waals surface area (Å²) in [4.78, 5) is 12.5. The zero-order valence-corrected chi connectivity index (χ0v) is 13.1. The van der Waals surface area contributed by atoms with Crippen molar-refractivity contribution in [2.75, 3.05) is 25.3 Å². The van der Waals surface area contributed by atoms with Crippen molar-refractivity contribution in [1.82, 2.24) is 5.32 Å². The monoisotopic (exact) mass is 324 g/mol. The number of furan rings is 1. The summed E-state index contributed by atoms with van der Waals surface area (Å²) in [5.41, 5.74) is 0.378. The Hall–Kier alpha value is -1.99. The summed E-state index contributed by atoms with van der Waals surface area (Å²) in [5, 5.41) is 5.31. The van der Waals surface area contributed by atoms with Gasteiger partial charge in [-0.05, 0) is 36.6 Å². The van der Waals surface area contributed by atoms with E-state index in [0.29, 0.717) is 16.3 Å². The molecule has 5 nitrogen and oxygen atoms in total. The molecule has 0 saturated carbocycles. The van der Waals surface area contributed by atoms with Crippen LogP contribution in [0.1, 0.15) is 11.8 Å². The van der Waals surface area contributed by atoms with Crippen molar-refractivity contribution in [3.05, 3.63) is 48.2 Å². The molecule has 22 heavy (non-hydrogen) atoms. The van der Waals surface area contributed by atoms with Crippen LogP contribution in [-0.2, 0) is 4.74 Å². The van der Waals surface area contributed by atoms with E-state index >= 15 is 0 Å². The number of hydrogen-bond acceptors (Lipinski definition) is 4. The second-order valence-corrected chi connectivity index (χ2v) is 5.32. The molecule has 1 heterocycles. The number of anilines is 1. The molecule has 0 bridgehead atoms. The van der Waals surface area contributed by atoms with Gasteiger partial charge in [-0.15, -0.1) is 11.8 Å².